The van der Waals surface area contributed by atoms with Gasteiger partial charge in [-0.15, -0.1) is 0 Å². The highest BCUT2D eigenvalue weighted by Gasteiger charge is 2.30. The molecule has 0 spiro atoms. The van der Waals surface area contributed by atoms with E-state index in [1.807, 2.05) is 48.5 Å². The molecule has 0 atom stereocenters. The highest BCUT2D eigenvalue weighted by molar-refractivity contribution is 5.68. The Kier molecular flexibility index (Phi) is 34.1. The third kappa shape index (κ3) is 24.9. The van der Waals surface area contributed by atoms with E-state index >= 15 is 4.39 Å². The van der Waals surface area contributed by atoms with Crippen LogP contribution in [-0.4, -0.2) is 0 Å². The summed E-state index contributed by atoms with van der Waals surface area (Å²) in [7, 11) is 0. The SMILES string of the molecule is CCCC1CCC(c2ccc(-c3ccc(C4CCC(C)CC4)cc3)c(F)c2)CC1.CCCC1CCC(c2ccc(-c3ccc(C4CCC(C)CC4)cc3)c(F)c2)CC1.CCCC1CCC(c2ccc(-c3ccc(C4CCC(C)CC4)cc3)c(F)c2)CC1.CCCCCC1CCC(c2ccc(-c3ccc(C4CCC(C)CC4)cc3)c(F)c2)CC1. The summed E-state index contributed by atoms with van der Waals surface area (Å²) in [5.41, 5.74) is 17.6. The van der Waals surface area contributed by atoms with Crippen molar-refractivity contribution >= 4 is 0 Å². The number of rotatable bonds is 22. The summed E-state index contributed by atoms with van der Waals surface area (Å²) in [6, 6.07) is 59.0. The molecule has 0 nitrogen and oxygen atoms in total. The van der Waals surface area contributed by atoms with Gasteiger partial charge in [0.2, 0.25) is 0 Å². The van der Waals surface area contributed by atoms with E-state index in [1.54, 1.807) is 0 Å². The van der Waals surface area contributed by atoms with E-state index in [-0.39, 0.29) is 23.3 Å². The number of hydrogen-bond donors (Lipinski definition) is 0. The maximum atomic E-state index is 15.1. The first-order valence-electron chi connectivity index (χ1n) is 49.1. The summed E-state index contributed by atoms with van der Waals surface area (Å²) < 4.78 is 60.0. The third-order valence-electron chi connectivity index (χ3n) is 31.4. The minimum atomic E-state index is -0.0579. The van der Waals surface area contributed by atoms with E-state index in [2.05, 4.69) is 177 Å². The molecule has 0 unspecified atom stereocenters. The fraction of sp³-hybridized carbons (Fsp3) is 0.579. The predicted octanol–water partition coefficient (Wildman–Crippen LogP) is 36.2. The fourth-order valence-corrected chi connectivity index (χ4v) is 23.2. The van der Waals surface area contributed by atoms with Crippen LogP contribution in [0.1, 0.15) is 417 Å². The van der Waals surface area contributed by atoms with Gasteiger partial charge in [-0.1, -0.05) is 317 Å². The number of unbranched alkanes of at least 4 members (excludes halogenated alkanes) is 2. The van der Waals surface area contributed by atoms with Crippen LogP contribution >= 0.6 is 0 Å². The molecule has 0 N–H and O–H groups in total. The molecule has 4 heteroatoms. The van der Waals surface area contributed by atoms with Crippen molar-refractivity contribution in [3.63, 3.8) is 0 Å². The zero-order valence-electron chi connectivity index (χ0n) is 74.6. The van der Waals surface area contributed by atoms with Gasteiger partial charge in [-0.3, -0.25) is 0 Å². The molecule has 0 heterocycles. The van der Waals surface area contributed by atoms with E-state index in [4.69, 9.17) is 0 Å². The lowest BCUT2D eigenvalue weighted by Crippen LogP contribution is -2.13. The molecule has 636 valence electrons. The van der Waals surface area contributed by atoms with Crippen molar-refractivity contribution in [3.05, 3.63) is 238 Å². The summed E-state index contributed by atoms with van der Waals surface area (Å²) >= 11 is 0. The van der Waals surface area contributed by atoms with Crippen LogP contribution in [0.2, 0.25) is 0 Å². The molecule has 118 heavy (non-hydrogen) atoms. The van der Waals surface area contributed by atoms with Crippen LogP contribution in [0.3, 0.4) is 0 Å². The summed E-state index contributed by atoms with van der Waals surface area (Å²) in [5, 5.41) is 0. The minimum absolute atomic E-state index is 0.0539. The van der Waals surface area contributed by atoms with Crippen molar-refractivity contribution in [1.29, 1.82) is 0 Å². The summed E-state index contributed by atoms with van der Waals surface area (Å²) in [6.45, 7) is 18.6. The fourth-order valence-electron chi connectivity index (χ4n) is 23.2. The van der Waals surface area contributed by atoms with Crippen LogP contribution in [0, 0.1) is 70.6 Å². The molecule has 0 amide bonds. The van der Waals surface area contributed by atoms with Crippen molar-refractivity contribution in [2.24, 2.45) is 47.3 Å². The quantitative estimate of drug-likeness (QED) is 0.0469. The summed E-state index contributed by atoms with van der Waals surface area (Å²) in [6.07, 6.45) is 54.7. The van der Waals surface area contributed by atoms with Gasteiger partial charge < -0.3 is 0 Å². The van der Waals surface area contributed by atoms with Gasteiger partial charge in [0.05, 0.1) is 0 Å². The zero-order chi connectivity index (χ0) is 82.3. The third-order valence-corrected chi connectivity index (χ3v) is 31.4. The molecule has 0 saturated heterocycles. The first kappa shape index (κ1) is 89.2. The van der Waals surface area contributed by atoms with Crippen LogP contribution < -0.4 is 0 Å². The number of hydrogen-bond acceptors (Lipinski definition) is 0. The average molecular weight is 1600 g/mol. The van der Waals surface area contributed by atoms with Gasteiger partial charge in [0.15, 0.2) is 0 Å². The van der Waals surface area contributed by atoms with Gasteiger partial charge in [-0.05, 0) is 340 Å². The first-order valence-corrected chi connectivity index (χ1v) is 49.1. The predicted molar refractivity (Wildman–Crippen MR) is 496 cm³/mol. The standard InChI is InChI=1S/C30H41F.3C28H37F/c1-3-4-5-6-23-9-13-26(14-10-23)28-19-20-29(30(31)21-28)27-17-15-25(16-18-27)24-11-7-22(2)8-12-24;3*1-3-4-21-7-11-24(12-8-21)26-17-18-27(28(29)19-26)25-15-13-23(14-16-25)22-9-5-20(2)6-10-22/h15-24,26H,3-14H2,1-2H3;3*13-22,24H,3-12H2,1-2H3. The Morgan fingerprint density at radius 1 is 0.195 bits per heavy atom. The highest BCUT2D eigenvalue weighted by Crippen LogP contribution is 2.47. The Morgan fingerprint density at radius 3 is 0.559 bits per heavy atom. The molecule has 0 radical (unpaired) electrons. The summed E-state index contributed by atoms with van der Waals surface area (Å²) in [5.74, 6) is 11.8. The lowest BCUT2D eigenvalue weighted by atomic mass is 9.77. The minimum Gasteiger partial charge on any atom is -0.206 e. The van der Waals surface area contributed by atoms with Gasteiger partial charge in [0, 0.05) is 22.3 Å². The molecule has 8 fully saturated rings. The van der Waals surface area contributed by atoms with E-state index in [9.17, 15) is 13.2 Å². The van der Waals surface area contributed by atoms with Crippen LogP contribution in [0.15, 0.2) is 170 Å². The normalized spacial score (nSPS) is 27.4. The van der Waals surface area contributed by atoms with Crippen LogP contribution in [0.5, 0.6) is 0 Å². The molecule has 8 saturated carbocycles. The van der Waals surface area contributed by atoms with Crippen LogP contribution in [0.4, 0.5) is 17.6 Å². The molecule has 8 aliphatic rings. The Bertz CT molecular complexity index is 3910. The molecule has 0 aromatic heterocycles. The van der Waals surface area contributed by atoms with Crippen molar-refractivity contribution < 1.29 is 17.6 Å². The molecule has 0 bridgehead atoms. The Morgan fingerprint density at radius 2 is 0.373 bits per heavy atom. The van der Waals surface area contributed by atoms with Gasteiger partial charge in [0.1, 0.15) is 23.3 Å². The number of halogens is 4. The Labute approximate surface area is 715 Å². The van der Waals surface area contributed by atoms with Crippen molar-refractivity contribution in [2.45, 2.75) is 372 Å². The first-order chi connectivity index (χ1) is 57.5. The average Bonchev–Trinajstić information content (AvgIpc) is 0.820. The second kappa shape index (κ2) is 45.0. The molecular formula is C114H152F4. The number of benzene rings is 8. The van der Waals surface area contributed by atoms with Gasteiger partial charge in [-0.25, -0.2) is 17.6 Å². The molecule has 8 aliphatic carbocycles. The monoisotopic (exact) mass is 1600 g/mol. The van der Waals surface area contributed by atoms with E-state index in [0.717, 1.165) is 91.9 Å². The molecule has 8 aromatic carbocycles. The molecule has 0 aliphatic heterocycles. The lowest BCUT2D eigenvalue weighted by Gasteiger charge is -2.29. The topological polar surface area (TPSA) is 0 Å². The molecular weight excluding hydrogens is 1450 g/mol. The zero-order valence-corrected chi connectivity index (χ0v) is 74.6. The van der Waals surface area contributed by atoms with Crippen molar-refractivity contribution in [2.75, 3.05) is 0 Å². The maximum Gasteiger partial charge on any atom is 0.131 e. The Hall–Kier alpha value is -6.52. The van der Waals surface area contributed by atoms with Crippen LogP contribution in [-0.2, 0) is 0 Å². The van der Waals surface area contributed by atoms with E-state index < -0.39 is 0 Å². The smallest absolute Gasteiger partial charge is 0.131 e. The van der Waals surface area contributed by atoms with E-state index in [0.29, 0.717) is 47.3 Å². The van der Waals surface area contributed by atoms with Gasteiger partial charge in [0.25, 0.3) is 0 Å². The molecule has 8 aromatic rings. The Balaban J connectivity index is 0.000000136. The van der Waals surface area contributed by atoms with Crippen molar-refractivity contribution in [1.82, 2.24) is 0 Å². The summed E-state index contributed by atoms with van der Waals surface area (Å²) in [4.78, 5) is 0. The lowest BCUT2D eigenvalue weighted by molar-refractivity contribution is 0.302. The molecule has 16 rings (SSSR count). The van der Waals surface area contributed by atoms with Gasteiger partial charge >= 0.3 is 0 Å². The maximum absolute atomic E-state index is 15.1. The van der Waals surface area contributed by atoms with E-state index in [1.165, 1.54) is 314 Å². The second-order valence-corrected chi connectivity index (χ2v) is 40.0. The van der Waals surface area contributed by atoms with Gasteiger partial charge in [-0.2, -0.15) is 0 Å². The van der Waals surface area contributed by atoms with Crippen LogP contribution in [0.25, 0.3) is 44.5 Å². The van der Waals surface area contributed by atoms with Crippen molar-refractivity contribution in [3.8, 4) is 44.5 Å². The largest absolute Gasteiger partial charge is 0.206 e. The second-order valence-electron chi connectivity index (χ2n) is 40.0. The highest BCUT2D eigenvalue weighted by atomic mass is 19.1.